The lowest BCUT2D eigenvalue weighted by Crippen LogP contribution is -2.19. The first-order chi connectivity index (χ1) is 10.1. The van der Waals surface area contributed by atoms with Crippen LogP contribution in [0.1, 0.15) is 36.5 Å². The SMILES string of the molecule is C[C@@H](O)c1ccc(N2CCC(c3ccccc3)C2)cc1Br. The molecule has 2 aromatic rings. The third-order valence-corrected chi connectivity index (χ3v) is 4.95. The van der Waals surface area contributed by atoms with Crippen molar-refractivity contribution in [1.82, 2.24) is 0 Å². The Morgan fingerprint density at radius 3 is 2.62 bits per heavy atom. The predicted molar refractivity (Wildman–Crippen MR) is 90.8 cm³/mol. The summed E-state index contributed by atoms with van der Waals surface area (Å²) in [5.41, 5.74) is 3.60. The van der Waals surface area contributed by atoms with Gasteiger partial charge in [-0.05, 0) is 36.6 Å². The van der Waals surface area contributed by atoms with Gasteiger partial charge in [0, 0.05) is 29.2 Å². The Kier molecular flexibility index (Phi) is 4.32. The van der Waals surface area contributed by atoms with Crippen LogP contribution in [0.4, 0.5) is 5.69 Å². The van der Waals surface area contributed by atoms with E-state index in [1.54, 1.807) is 6.92 Å². The van der Waals surface area contributed by atoms with Crippen molar-refractivity contribution in [2.45, 2.75) is 25.4 Å². The molecule has 3 heteroatoms. The Bertz CT molecular complexity index is 612. The van der Waals surface area contributed by atoms with Gasteiger partial charge in [0.1, 0.15) is 0 Å². The number of aliphatic hydroxyl groups excluding tert-OH is 1. The smallest absolute Gasteiger partial charge is 0.0772 e. The first-order valence-corrected chi connectivity index (χ1v) is 8.22. The molecule has 0 saturated carbocycles. The molecule has 1 heterocycles. The van der Waals surface area contributed by atoms with Gasteiger partial charge in [0.2, 0.25) is 0 Å². The molecule has 2 atom stereocenters. The summed E-state index contributed by atoms with van der Waals surface area (Å²) in [5, 5.41) is 9.71. The number of nitrogens with zero attached hydrogens (tertiary/aromatic N) is 1. The predicted octanol–water partition coefficient (Wildman–Crippen LogP) is 4.50. The fourth-order valence-corrected chi connectivity index (χ4v) is 3.74. The van der Waals surface area contributed by atoms with Gasteiger partial charge in [-0.3, -0.25) is 0 Å². The molecule has 1 aliphatic heterocycles. The molecular formula is C18H20BrNO. The second-order valence-corrected chi connectivity index (χ2v) is 6.58. The lowest BCUT2D eigenvalue weighted by atomic mass is 9.99. The van der Waals surface area contributed by atoms with Gasteiger partial charge in [-0.1, -0.05) is 52.3 Å². The summed E-state index contributed by atoms with van der Waals surface area (Å²) in [6.07, 6.45) is 0.754. The van der Waals surface area contributed by atoms with E-state index in [0.29, 0.717) is 5.92 Å². The van der Waals surface area contributed by atoms with E-state index in [1.165, 1.54) is 17.7 Å². The summed E-state index contributed by atoms with van der Waals surface area (Å²) in [6, 6.07) is 17.0. The lowest BCUT2D eigenvalue weighted by molar-refractivity contribution is 0.198. The highest BCUT2D eigenvalue weighted by molar-refractivity contribution is 9.10. The zero-order valence-electron chi connectivity index (χ0n) is 12.2. The minimum absolute atomic E-state index is 0.441. The van der Waals surface area contributed by atoms with E-state index in [9.17, 15) is 5.11 Å². The van der Waals surface area contributed by atoms with Crippen LogP contribution in [0.5, 0.6) is 0 Å². The molecule has 1 unspecified atom stereocenters. The Morgan fingerprint density at radius 2 is 1.95 bits per heavy atom. The molecule has 0 aliphatic carbocycles. The largest absolute Gasteiger partial charge is 0.389 e. The molecule has 2 nitrogen and oxygen atoms in total. The highest BCUT2D eigenvalue weighted by Gasteiger charge is 2.24. The third-order valence-electron chi connectivity index (χ3n) is 4.26. The fraction of sp³-hybridized carbons (Fsp3) is 0.333. The molecule has 3 rings (SSSR count). The summed E-state index contributed by atoms with van der Waals surface area (Å²) in [7, 11) is 0. The van der Waals surface area contributed by atoms with E-state index < -0.39 is 6.10 Å². The van der Waals surface area contributed by atoms with Crippen LogP contribution in [0.2, 0.25) is 0 Å². The van der Waals surface area contributed by atoms with Crippen molar-refractivity contribution in [3.63, 3.8) is 0 Å². The highest BCUT2D eigenvalue weighted by Crippen LogP contribution is 2.33. The van der Waals surface area contributed by atoms with Crippen molar-refractivity contribution in [2.24, 2.45) is 0 Å². The van der Waals surface area contributed by atoms with Gasteiger partial charge < -0.3 is 10.0 Å². The number of aliphatic hydroxyl groups is 1. The van der Waals surface area contributed by atoms with Crippen LogP contribution in [-0.2, 0) is 0 Å². The number of benzene rings is 2. The first-order valence-electron chi connectivity index (χ1n) is 7.42. The minimum Gasteiger partial charge on any atom is -0.389 e. The molecule has 110 valence electrons. The van der Waals surface area contributed by atoms with Crippen LogP contribution in [0, 0.1) is 0 Å². The molecule has 0 spiro atoms. The van der Waals surface area contributed by atoms with Gasteiger partial charge in [0.05, 0.1) is 6.10 Å². The molecule has 21 heavy (non-hydrogen) atoms. The van der Waals surface area contributed by atoms with Crippen LogP contribution in [0.25, 0.3) is 0 Å². The second kappa shape index (κ2) is 6.20. The molecule has 0 aromatic heterocycles. The molecular weight excluding hydrogens is 326 g/mol. The zero-order chi connectivity index (χ0) is 14.8. The van der Waals surface area contributed by atoms with Crippen LogP contribution in [-0.4, -0.2) is 18.2 Å². The molecule has 0 bridgehead atoms. The standard InChI is InChI=1S/C18H20BrNO/c1-13(21)17-8-7-16(11-18(17)19)20-10-9-15(12-20)14-5-3-2-4-6-14/h2-8,11,13,15,21H,9-10,12H2,1H3/t13-,15?/m1/s1. The quantitative estimate of drug-likeness (QED) is 0.885. The Balaban J connectivity index is 1.76. The van der Waals surface area contributed by atoms with Gasteiger partial charge in [-0.15, -0.1) is 0 Å². The summed E-state index contributed by atoms with van der Waals surface area (Å²) < 4.78 is 0.984. The van der Waals surface area contributed by atoms with Crippen LogP contribution in [0.15, 0.2) is 53.0 Å². The average molecular weight is 346 g/mol. The highest BCUT2D eigenvalue weighted by atomic mass is 79.9. The number of rotatable bonds is 3. The summed E-state index contributed by atoms with van der Waals surface area (Å²) in [5.74, 6) is 0.612. The number of hydrogen-bond acceptors (Lipinski definition) is 2. The Hall–Kier alpha value is -1.32. The lowest BCUT2D eigenvalue weighted by Gasteiger charge is -2.20. The van der Waals surface area contributed by atoms with Gasteiger partial charge in [-0.2, -0.15) is 0 Å². The molecule has 1 aliphatic rings. The molecule has 1 saturated heterocycles. The van der Waals surface area contributed by atoms with Crippen molar-refractivity contribution in [3.8, 4) is 0 Å². The maximum atomic E-state index is 9.71. The monoisotopic (exact) mass is 345 g/mol. The second-order valence-electron chi connectivity index (χ2n) is 5.72. The normalized spacial score (nSPS) is 19.8. The van der Waals surface area contributed by atoms with Gasteiger partial charge in [-0.25, -0.2) is 0 Å². The maximum Gasteiger partial charge on any atom is 0.0772 e. The topological polar surface area (TPSA) is 23.5 Å². The molecule has 0 radical (unpaired) electrons. The van der Waals surface area contributed by atoms with E-state index in [1.807, 2.05) is 6.07 Å². The summed E-state index contributed by atoms with van der Waals surface area (Å²) in [6.45, 7) is 3.94. The van der Waals surface area contributed by atoms with Gasteiger partial charge >= 0.3 is 0 Å². The average Bonchev–Trinajstić information content (AvgIpc) is 2.97. The van der Waals surface area contributed by atoms with E-state index in [4.69, 9.17) is 0 Å². The van der Waals surface area contributed by atoms with Gasteiger partial charge in [0.25, 0.3) is 0 Å². The van der Waals surface area contributed by atoms with Gasteiger partial charge in [0.15, 0.2) is 0 Å². The van der Waals surface area contributed by atoms with Crippen molar-refractivity contribution in [3.05, 3.63) is 64.1 Å². The molecule has 1 fully saturated rings. The number of anilines is 1. The van der Waals surface area contributed by atoms with E-state index >= 15 is 0 Å². The third kappa shape index (κ3) is 3.14. The van der Waals surface area contributed by atoms with Crippen LogP contribution in [0.3, 0.4) is 0 Å². The minimum atomic E-state index is -0.441. The zero-order valence-corrected chi connectivity index (χ0v) is 13.8. The Morgan fingerprint density at radius 1 is 1.19 bits per heavy atom. The van der Waals surface area contributed by atoms with E-state index in [-0.39, 0.29) is 0 Å². The van der Waals surface area contributed by atoms with Crippen molar-refractivity contribution in [2.75, 3.05) is 18.0 Å². The van der Waals surface area contributed by atoms with Crippen molar-refractivity contribution >= 4 is 21.6 Å². The molecule has 1 N–H and O–H groups in total. The number of hydrogen-bond donors (Lipinski definition) is 1. The first kappa shape index (κ1) is 14.6. The molecule has 0 amide bonds. The van der Waals surface area contributed by atoms with Crippen molar-refractivity contribution in [1.29, 1.82) is 0 Å². The van der Waals surface area contributed by atoms with Crippen molar-refractivity contribution < 1.29 is 5.11 Å². The van der Waals surface area contributed by atoms with E-state index in [0.717, 1.165) is 23.1 Å². The molecule has 2 aromatic carbocycles. The summed E-state index contributed by atoms with van der Waals surface area (Å²) in [4.78, 5) is 2.42. The number of halogens is 1. The summed E-state index contributed by atoms with van der Waals surface area (Å²) >= 11 is 3.57. The maximum absolute atomic E-state index is 9.71. The van der Waals surface area contributed by atoms with Crippen LogP contribution >= 0.6 is 15.9 Å². The van der Waals surface area contributed by atoms with Crippen LogP contribution < -0.4 is 4.90 Å². The van der Waals surface area contributed by atoms with E-state index in [2.05, 4.69) is 63.3 Å². The Labute approximate surface area is 134 Å². The fourth-order valence-electron chi connectivity index (χ4n) is 3.04.